The van der Waals surface area contributed by atoms with Crippen LogP contribution in [0.3, 0.4) is 0 Å². The van der Waals surface area contributed by atoms with Crippen LogP contribution in [0, 0.1) is 5.92 Å². The third kappa shape index (κ3) is 3.27. The van der Waals surface area contributed by atoms with Crippen molar-refractivity contribution < 1.29 is 9.59 Å². The van der Waals surface area contributed by atoms with Gasteiger partial charge in [0.1, 0.15) is 0 Å². The monoisotopic (exact) mass is 336 g/mol. The summed E-state index contributed by atoms with van der Waals surface area (Å²) in [6.07, 6.45) is 7.39. The molecule has 1 aliphatic heterocycles. The van der Waals surface area contributed by atoms with Crippen molar-refractivity contribution in [2.45, 2.75) is 38.1 Å². The highest BCUT2D eigenvalue weighted by Crippen LogP contribution is 2.29. The molecule has 1 heterocycles. The molecule has 0 aromatic heterocycles. The lowest BCUT2D eigenvalue weighted by molar-refractivity contribution is -0.158. The zero-order chi connectivity index (χ0) is 17.2. The molecule has 1 saturated heterocycles. The first kappa shape index (κ1) is 16.2. The first-order valence-corrected chi connectivity index (χ1v) is 9.33. The maximum Gasteiger partial charge on any atom is 0.312 e. The predicted octanol–water partition coefficient (Wildman–Crippen LogP) is 2.86. The number of rotatable bonds is 4. The maximum absolute atomic E-state index is 12.5. The molecule has 2 fully saturated rings. The first-order chi connectivity index (χ1) is 12.2. The molecular formula is C21H24N2O2. The van der Waals surface area contributed by atoms with Crippen LogP contribution in [0.5, 0.6) is 0 Å². The van der Waals surface area contributed by atoms with Gasteiger partial charge in [0.15, 0.2) is 0 Å². The average Bonchev–Trinajstić information content (AvgIpc) is 3.32. The molecule has 25 heavy (non-hydrogen) atoms. The Balaban J connectivity index is 1.35. The summed E-state index contributed by atoms with van der Waals surface area (Å²) in [6, 6.07) is 10.5. The molecule has 0 bridgehead atoms. The topological polar surface area (TPSA) is 40.6 Å². The van der Waals surface area contributed by atoms with Gasteiger partial charge in [0.2, 0.25) is 0 Å². The normalized spacial score (nSPS) is 24.3. The Morgan fingerprint density at radius 3 is 2.52 bits per heavy atom. The molecule has 1 atom stereocenters. The average molecular weight is 336 g/mol. The van der Waals surface area contributed by atoms with E-state index in [2.05, 4.69) is 23.9 Å². The smallest absolute Gasteiger partial charge is 0.312 e. The van der Waals surface area contributed by atoms with E-state index in [0.29, 0.717) is 19.6 Å². The Hall–Kier alpha value is -2.32. The SMILES string of the molecule is O=C1C(=O)N(C2CCCC2)CCN1CC1C=C=C(c2ccccc2)C1. The van der Waals surface area contributed by atoms with Crippen molar-refractivity contribution in [2.24, 2.45) is 5.92 Å². The largest absolute Gasteiger partial charge is 0.332 e. The Bertz CT molecular complexity index is 728. The second-order valence-corrected chi connectivity index (χ2v) is 7.31. The standard InChI is InChI=1S/C21H24N2O2/c24-20-21(25)23(19-8-4-5-9-19)13-12-22(20)15-16-10-11-18(14-16)17-6-2-1-3-7-17/h1-3,6-7,10,16,19H,4-5,8-9,12-15H2. The number of carbonyl (C=O) groups excluding carboxylic acids is 2. The highest BCUT2D eigenvalue weighted by Gasteiger charge is 2.37. The van der Waals surface area contributed by atoms with Crippen molar-refractivity contribution in [3.8, 4) is 0 Å². The number of hydrogen-bond donors (Lipinski definition) is 0. The minimum atomic E-state index is -0.320. The summed E-state index contributed by atoms with van der Waals surface area (Å²) < 4.78 is 0. The molecule has 3 aliphatic rings. The second-order valence-electron chi connectivity index (χ2n) is 7.31. The van der Waals surface area contributed by atoms with E-state index >= 15 is 0 Å². The van der Waals surface area contributed by atoms with Crippen molar-refractivity contribution in [1.82, 2.24) is 9.80 Å². The molecule has 0 N–H and O–H groups in total. The Morgan fingerprint density at radius 1 is 1.00 bits per heavy atom. The van der Waals surface area contributed by atoms with E-state index in [4.69, 9.17) is 0 Å². The van der Waals surface area contributed by atoms with Gasteiger partial charge in [-0.3, -0.25) is 9.59 Å². The maximum atomic E-state index is 12.5. The number of carbonyl (C=O) groups is 2. The van der Waals surface area contributed by atoms with Crippen molar-refractivity contribution in [3.05, 3.63) is 47.7 Å². The molecular weight excluding hydrogens is 312 g/mol. The van der Waals surface area contributed by atoms with Crippen LogP contribution in [0.15, 0.2) is 42.1 Å². The van der Waals surface area contributed by atoms with Crippen molar-refractivity contribution in [1.29, 1.82) is 0 Å². The Morgan fingerprint density at radius 2 is 1.76 bits per heavy atom. The van der Waals surface area contributed by atoms with Gasteiger partial charge in [0.25, 0.3) is 0 Å². The van der Waals surface area contributed by atoms with Crippen LogP contribution in [0.25, 0.3) is 5.57 Å². The van der Waals surface area contributed by atoms with Gasteiger partial charge in [0, 0.05) is 37.2 Å². The molecule has 4 heteroatoms. The van der Waals surface area contributed by atoms with Crippen LogP contribution >= 0.6 is 0 Å². The molecule has 1 unspecified atom stereocenters. The summed E-state index contributed by atoms with van der Waals surface area (Å²) in [6.45, 7) is 1.96. The zero-order valence-electron chi connectivity index (χ0n) is 14.5. The molecule has 1 saturated carbocycles. The van der Waals surface area contributed by atoms with Gasteiger partial charge >= 0.3 is 11.8 Å². The number of nitrogens with zero attached hydrogens (tertiary/aromatic N) is 2. The van der Waals surface area contributed by atoms with Crippen LogP contribution in [-0.4, -0.2) is 47.3 Å². The lowest BCUT2D eigenvalue weighted by atomic mass is 9.99. The minimum Gasteiger partial charge on any atom is -0.332 e. The molecule has 4 nitrogen and oxygen atoms in total. The van der Waals surface area contributed by atoms with Crippen LogP contribution in [-0.2, 0) is 9.59 Å². The minimum absolute atomic E-state index is 0.255. The molecule has 2 aliphatic carbocycles. The number of hydrogen-bond acceptors (Lipinski definition) is 2. The number of piperazine rings is 1. The van der Waals surface area contributed by atoms with E-state index < -0.39 is 0 Å². The Kier molecular flexibility index (Phi) is 4.46. The predicted molar refractivity (Wildman–Crippen MR) is 96.6 cm³/mol. The van der Waals surface area contributed by atoms with Crippen LogP contribution in [0.4, 0.5) is 0 Å². The van der Waals surface area contributed by atoms with Crippen LogP contribution < -0.4 is 0 Å². The fourth-order valence-corrected chi connectivity index (χ4v) is 4.27. The highest BCUT2D eigenvalue weighted by molar-refractivity contribution is 6.35. The van der Waals surface area contributed by atoms with E-state index in [-0.39, 0.29) is 23.8 Å². The van der Waals surface area contributed by atoms with Gasteiger partial charge in [-0.25, -0.2) is 0 Å². The molecule has 130 valence electrons. The molecule has 1 aromatic carbocycles. The lowest BCUT2D eigenvalue weighted by Crippen LogP contribution is -2.57. The zero-order valence-corrected chi connectivity index (χ0v) is 14.5. The summed E-state index contributed by atoms with van der Waals surface area (Å²) in [5, 5.41) is 0. The van der Waals surface area contributed by atoms with Gasteiger partial charge < -0.3 is 9.80 Å². The number of benzene rings is 1. The van der Waals surface area contributed by atoms with Gasteiger partial charge in [0.05, 0.1) is 0 Å². The first-order valence-electron chi connectivity index (χ1n) is 9.33. The molecule has 0 radical (unpaired) electrons. The molecule has 1 aromatic rings. The lowest BCUT2D eigenvalue weighted by Gasteiger charge is -2.37. The second kappa shape index (κ2) is 6.89. The van der Waals surface area contributed by atoms with Crippen LogP contribution in [0.1, 0.15) is 37.7 Å². The third-order valence-corrected chi connectivity index (χ3v) is 5.64. The van der Waals surface area contributed by atoms with E-state index in [1.165, 1.54) is 24.0 Å². The third-order valence-electron chi connectivity index (χ3n) is 5.64. The Labute approximate surface area is 148 Å². The van der Waals surface area contributed by atoms with Gasteiger partial charge in [-0.1, -0.05) is 43.2 Å². The van der Waals surface area contributed by atoms with E-state index in [0.717, 1.165) is 19.3 Å². The van der Waals surface area contributed by atoms with E-state index in [1.54, 1.807) is 4.90 Å². The highest BCUT2D eigenvalue weighted by atomic mass is 16.2. The van der Waals surface area contributed by atoms with Crippen molar-refractivity contribution >= 4 is 17.4 Å². The van der Waals surface area contributed by atoms with Gasteiger partial charge in [-0.2, -0.15) is 0 Å². The summed E-state index contributed by atoms with van der Waals surface area (Å²) in [5.74, 6) is -0.360. The van der Waals surface area contributed by atoms with Crippen molar-refractivity contribution in [3.63, 3.8) is 0 Å². The fourth-order valence-electron chi connectivity index (χ4n) is 4.27. The quantitative estimate of drug-likeness (QED) is 0.627. The molecule has 4 rings (SSSR count). The summed E-state index contributed by atoms with van der Waals surface area (Å²) in [7, 11) is 0. The number of amides is 2. The van der Waals surface area contributed by atoms with Crippen molar-refractivity contribution in [2.75, 3.05) is 19.6 Å². The summed E-state index contributed by atoms with van der Waals surface area (Å²) in [4.78, 5) is 28.6. The van der Waals surface area contributed by atoms with Crippen LogP contribution in [0.2, 0.25) is 0 Å². The summed E-state index contributed by atoms with van der Waals surface area (Å²) in [5.41, 5.74) is 5.73. The molecule has 0 spiro atoms. The molecule has 2 amide bonds. The van der Waals surface area contributed by atoms with E-state index in [1.807, 2.05) is 23.1 Å². The summed E-state index contributed by atoms with van der Waals surface area (Å²) >= 11 is 0. The fraction of sp³-hybridized carbons (Fsp3) is 0.476. The van der Waals surface area contributed by atoms with Gasteiger partial charge in [-0.05, 0) is 30.9 Å². The van der Waals surface area contributed by atoms with Gasteiger partial charge in [-0.15, -0.1) is 5.73 Å². The van der Waals surface area contributed by atoms with E-state index in [9.17, 15) is 9.59 Å².